The molecule has 1 heterocycles. The predicted molar refractivity (Wildman–Crippen MR) is 144 cm³/mol. The number of hydrogen-bond donors (Lipinski definition) is 1. The molecule has 0 aliphatic carbocycles. The largest absolute Gasteiger partial charge is 0.488 e. The normalized spacial score (nSPS) is 14.7. The lowest BCUT2D eigenvalue weighted by atomic mass is 10.1. The summed E-state index contributed by atoms with van der Waals surface area (Å²) in [5.74, 6) is -0.779. The highest BCUT2D eigenvalue weighted by Gasteiger charge is 2.34. The van der Waals surface area contributed by atoms with Gasteiger partial charge < -0.3 is 4.74 Å². The number of amides is 2. The molecule has 2 amide bonds. The summed E-state index contributed by atoms with van der Waals surface area (Å²) in [6, 6.07) is 18.6. The van der Waals surface area contributed by atoms with Gasteiger partial charge in [-0.2, -0.15) is 0 Å². The first-order chi connectivity index (χ1) is 17.3. The average molecular weight is 566 g/mol. The molecule has 8 nitrogen and oxygen atoms in total. The summed E-state index contributed by atoms with van der Waals surface area (Å²) in [6.07, 6.45) is 2.29. The maximum absolute atomic E-state index is 13.4. The first kappa shape index (κ1) is 25.2. The van der Waals surface area contributed by atoms with Crippen molar-refractivity contribution < 1.29 is 19.2 Å². The van der Waals surface area contributed by atoms with E-state index < -0.39 is 16.7 Å². The zero-order valence-electron chi connectivity index (χ0n) is 19.1. The Bertz CT molecular complexity index is 1400. The van der Waals surface area contributed by atoms with Gasteiger partial charge in [-0.05, 0) is 66.2 Å². The molecule has 10 heteroatoms. The smallest absolute Gasteiger partial charge is 0.270 e. The zero-order chi connectivity index (χ0) is 25.8. The molecule has 1 saturated heterocycles. The monoisotopic (exact) mass is 565 g/mol. The molecule has 1 N–H and O–H groups in total. The van der Waals surface area contributed by atoms with Crippen LogP contribution in [0.5, 0.6) is 5.75 Å². The van der Waals surface area contributed by atoms with Crippen LogP contribution < -0.4 is 15.0 Å². The van der Waals surface area contributed by atoms with Crippen LogP contribution in [0.25, 0.3) is 6.08 Å². The Morgan fingerprint density at radius 1 is 1.08 bits per heavy atom. The van der Waals surface area contributed by atoms with Crippen molar-refractivity contribution in [1.29, 1.82) is 0 Å². The zero-order valence-corrected chi connectivity index (χ0v) is 21.5. The van der Waals surface area contributed by atoms with Gasteiger partial charge in [0.15, 0.2) is 5.11 Å². The van der Waals surface area contributed by atoms with E-state index in [-0.39, 0.29) is 23.0 Å². The Hall–Kier alpha value is -3.89. The molecule has 0 radical (unpaired) electrons. The van der Waals surface area contributed by atoms with Crippen molar-refractivity contribution in [2.75, 3.05) is 4.90 Å². The molecule has 0 atom stereocenters. The first-order valence-corrected chi connectivity index (χ1v) is 12.1. The SMILES string of the molecule is CCc1ccc(N2C(=O)/C(=C/c3cc(Br)ccc3OCc3cccc([N+](=O)[O-])c3)C(=O)NC2=S)cc1. The van der Waals surface area contributed by atoms with Crippen molar-refractivity contribution in [3.63, 3.8) is 0 Å². The minimum absolute atomic E-state index is 0.00258. The van der Waals surface area contributed by atoms with Gasteiger partial charge >= 0.3 is 0 Å². The van der Waals surface area contributed by atoms with Crippen molar-refractivity contribution in [2.24, 2.45) is 0 Å². The fraction of sp³-hybridized carbons (Fsp3) is 0.115. The Morgan fingerprint density at radius 2 is 1.83 bits per heavy atom. The molecular weight excluding hydrogens is 546 g/mol. The third kappa shape index (κ3) is 5.50. The van der Waals surface area contributed by atoms with Gasteiger partial charge in [-0.15, -0.1) is 0 Å². The number of non-ortho nitro benzene ring substituents is 1. The van der Waals surface area contributed by atoms with E-state index in [1.165, 1.54) is 23.1 Å². The van der Waals surface area contributed by atoms with Crippen LogP contribution in [-0.2, 0) is 22.6 Å². The fourth-order valence-corrected chi connectivity index (χ4v) is 4.27. The number of nitro benzene ring substituents is 1. The maximum Gasteiger partial charge on any atom is 0.270 e. The highest BCUT2D eigenvalue weighted by molar-refractivity contribution is 9.10. The molecule has 36 heavy (non-hydrogen) atoms. The topological polar surface area (TPSA) is 102 Å². The second-order valence-corrected chi connectivity index (χ2v) is 9.18. The average Bonchev–Trinajstić information content (AvgIpc) is 2.86. The number of anilines is 1. The number of nitrogens with one attached hydrogen (secondary N) is 1. The summed E-state index contributed by atoms with van der Waals surface area (Å²) < 4.78 is 6.62. The molecule has 4 rings (SSSR count). The summed E-state index contributed by atoms with van der Waals surface area (Å²) >= 11 is 8.69. The first-order valence-electron chi connectivity index (χ1n) is 10.9. The molecule has 0 unspecified atom stereocenters. The van der Waals surface area contributed by atoms with Gasteiger partial charge in [0.25, 0.3) is 17.5 Å². The highest BCUT2D eigenvalue weighted by Crippen LogP contribution is 2.29. The van der Waals surface area contributed by atoms with Crippen LogP contribution in [0.4, 0.5) is 11.4 Å². The van der Waals surface area contributed by atoms with Crippen LogP contribution in [0, 0.1) is 10.1 Å². The molecule has 3 aromatic carbocycles. The van der Waals surface area contributed by atoms with Crippen LogP contribution in [0.15, 0.2) is 76.8 Å². The number of thiocarbonyl (C=S) groups is 1. The lowest BCUT2D eigenvalue weighted by Gasteiger charge is -2.29. The van der Waals surface area contributed by atoms with Crippen LogP contribution in [0.2, 0.25) is 0 Å². The molecular formula is C26H20BrN3O5S. The third-order valence-electron chi connectivity index (χ3n) is 5.49. The number of hydrogen-bond acceptors (Lipinski definition) is 6. The lowest BCUT2D eigenvalue weighted by molar-refractivity contribution is -0.384. The van der Waals surface area contributed by atoms with Crippen molar-refractivity contribution in [2.45, 2.75) is 20.0 Å². The van der Waals surface area contributed by atoms with E-state index in [9.17, 15) is 19.7 Å². The van der Waals surface area contributed by atoms with Gasteiger partial charge in [-0.1, -0.05) is 47.1 Å². The summed E-state index contributed by atoms with van der Waals surface area (Å²) in [5.41, 5.74) is 2.58. The number of nitrogens with zero attached hydrogens (tertiary/aromatic N) is 2. The second-order valence-electron chi connectivity index (χ2n) is 7.88. The van der Waals surface area contributed by atoms with E-state index in [0.29, 0.717) is 27.0 Å². The molecule has 0 spiro atoms. The lowest BCUT2D eigenvalue weighted by Crippen LogP contribution is -2.54. The van der Waals surface area contributed by atoms with E-state index in [0.717, 1.165) is 12.0 Å². The van der Waals surface area contributed by atoms with Crippen LogP contribution in [0.1, 0.15) is 23.6 Å². The van der Waals surface area contributed by atoms with Crippen LogP contribution in [0.3, 0.4) is 0 Å². The fourth-order valence-electron chi connectivity index (χ4n) is 3.61. The number of aryl methyl sites for hydroxylation is 1. The number of ether oxygens (including phenoxy) is 1. The summed E-state index contributed by atoms with van der Waals surface area (Å²) in [5, 5.41) is 13.6. The Morgan fingerprint density at radius 3 is 2.53 bits per heavy atom. The van der Waals surface area contributed by atoms with Crippen LogP contribution >= 0.6 is 28.1 Å². The quantitative estimate of drug-likeness (QED) is 0.136. The summed E-state index contributed by atoms with van der Waals surface area (Å²) in [6.45, 7) is 2.09. The maximum atomic E-state index is 13.4. The minimum Gasteiger partial charge on any atom is -0.488 e. The Balaban J connectivity index is 1.65. The molecule has 0 aromatic heterocycles. The molecule has 1 aliphatic heterocycles. The Labute approximate surface area is 220 Å². The predicted octanol–water partition coefficient (Wildman–Crippen LogP) is 5.33. The number of carbonyl (C=O) groups is 2. The van der Waals surface area contributed by atoms with E-state index in [1.54, 1.807) is 42.5 Å². The van der Waals surface area contributed by atoms with Crippen LogP contribution in [-0.4, -0.2) is 21.9 Å². The van der Waals surface area contributed by atoms with E-state index in [4.69, 9.17) is 17.0 Å². The number of carbonyl (C=O) groups excluding carboxylic acids is 2. The van der Waals surface area contributed by atoms with Gasteiger partial charge in [-0.3, -0.25) is 29.9 Å². The van der Waals surface area contributed by atoms with E-state index >= 15 is 0 Å². The molecule has 182 valence electrons. The standard InChI is InChI=1S/C26H20BrN3O5S/c1-2-16-6-9-20(10-7-16)29-25(32)22(24(31)28-26(29)36)14-18-13-19(27)8-11-23(18)35-15-17-4-3-5-21(12-17)30(33)34/h3-14H,2,15H2,1H3,(H,28,31,36)/b22-14+. The second kappa shape index (κ2) is 10.8. The number of rotatable bonds is 7. The molecule has 1 aliphatic rings. The van der Waals surface area contributed by atoms with Gasteiger partial charge in [-0.25, -0.2) is 0 Å². The van der Waals surface area contributed by atoms with Crippen molar-refractivity contribution in [3.8, 4) is 5.75 Å². The molecule has 0 saturated carbocycles. The number of nitro groups is 1. The van der Waals surface area contributed by atoms with Crippen molar-refractivity contribution in [1.82, 2.24) is 5.32 Å². The van der Waals surface area contributed by atoms with Gasteiger partial charge in [0.05, 0.1) is 10.6 Å². The van der Waals surface area contributed by atoms with Gasteiger partial charge in [0.2, 0.25) is 0 Å². The van der Waals surface area contributed by atoms with Crippen molar-refractivity contribution >= 4 is 62.5 Å². The molecule has 3 aromatic rings. The molecule has 1 fully saturated rings. The van der Waals surface area contributed by atoms with E-state index in [2.05, 4.69) is 21.2 Å². The highest BCUT2D eigenvalue weighted by atomic mass is 79.9. The van der Waals surface area contributed by atoms with Crippen molar-refractivity contribution in [3.05, 3.63) is 104 Å². The summed E-state index contributed by atoms with van der Waals surface area (Å²) in [4.78, 5) is 38.0. The number of benzene rings is 3. The molecule has 0 bridgehead atoms. The third-order valence-corrected chi connectivity index (χ3v) is 6.27. The minimum atomic E-state index is -0.615. The van der Waals surface area contributed by atoms with E-state index in [1.807, 2.05) is 19.1 Å². The number of halogens is 1. The summed E-state index contributed by atoms with van der Waals surface area (Å²) in [7, 11) is 0. The van der Waals surface area contributed by atoms with Gasteiger partial charge in [0, 0.05) is 22.2 Å². The van der Waals surface area contributed by atoms with Gasteiger partial charge in [0.1, 0.15) is 17.9 Å². The Kier molecular flexibility index (Phi) is 7.56.